The molecule has 6 nitrogen and oxygen atoms in total. The lowest BCUT2D eigenvalue weighted by Crippen LogP contribution is -2.33. The van der Waals surface area contributed by atoms with Gasteiger partial charge in [0.2, 0.25) is 5.78 Å². The van der Waals surface area contributed by atoms with E-state index in [0.29, 0.717) is 34.2 Å². The van der Waals surface area contributed by atoms with Gasteiger partial charge in [-0.2, -0.15) is 0 Å². The summed E-state index contributed by atoms with van der Waals surface area (Å²) in [7, 11) is 3.88. The molecule has 166 valence electrons. The highest BCUT2D eigenvalue weighted by molar-refractivity contribution is 6.42. The molecule has 1 amide bonds. The normalized spacial score (nSPS) is 16.6. The molecule has 0 bridgehead atoms. The van der Waals surface area contributed by atoms with Crippen LogP contribution in [-0.4, -0.2) is 53.8 Å². The molecule has 0 saturated heterocycles. The summed E-state index contributed by atoms with van der Waals surface area (Å²) in [6, 6.07) is 13.0. The molecule has 1 aliphatic heterocycles. The Morgan fingerprint density at radius 3 is 2.56 bits per heavy atom. The fourth-order valence-corrected chi connectivity index (χ4v) is 4.24. The van der Waals surface area contributed by atoms with Crippen molar-refractivity contribution in [3.63, 3.8) is 0 Å². The van der Waals surface area contributed by atoms with Crippen molar-refractivity contribution in [1.29, 1.82) is 0 Å². The number of amides is 1. The lowest BCUT2D eigenvalue weighted by Gasteiger charge is -2.27. The molecule has 0 fully saturated rings. The van der Waals surface area contributed by atoms with Gasteiger partial charge in [-0.1, -0.05) is 47.5 Å². The Labute approximate surface area is 195 Å². The van der Waals surface area contributed by atoms with Crippen molar-refractivity contribution in [3.8, 4) is 0 Å². The number of halogens is 2. The summed E-state index contributed by atoms with van der Waals surface area (Å²) in [5.74, 6) is -1.66. The molecular formula is C24H22Cl2N2O4. The van der Waals surface area contributed by atoms with Gasteiger partial charge < -0.3 is 19.3 Å². The van der Waals surface area contributed by atoms with Crippen LogP contribution in [-0.2, 0) is 4.79 Å². The van der Waals surface area contributed by atoms with Crippen LogP contribution in [0, 0.1) is 0 Å². The van der Waals surface area contributed by atoms with Crippen molar-refractivity contribution in [3.05, 3.63) is 81.2 Å². The molecular weight excluding hydrogens is 451 g/mol. The van der Waals surface area contributed by atoms with Gasteiger partial charge in [0.25, 0.3) is 5.91 Å². The summed E-state index contributed by atoms with van der Waals surface area (Å²) >= 11 is 12.3. The standard InChI is InChI=1S/C24H22Cl2N2O4/c1-27(2)10-5-11-28-21(15-8-9-16(25)17(26)12-15)20(23(30)24(28)31)22(29)19-13-14-6-3-4-7-18(14)32-19/h3-4,6-9,12-13,21,30H,5,10-11H2,1-2H3. The number of hydrogen-bond donors (Lipinski definition) is 1. The number of aliphatic hydroxyl groups is 1. The number of rotatable bonds is 7. The van der Waals surface area contributed by atoms with E-state index in [0.717, 1.165) is 11.9 Å². The molecule has 32 heavy (non-hydrogen) atoms. The van der Waals surface area contributed by atoms with Crippen LogP contribution in [0.4, 0.5) is 0 Å². The molecule has 0 spiro atoms. The first-order chi connectivity index (χ1) is 15.3. The maximum atomic E-state index is 13.5. The summed E-state index contributed by atoms with van der Waals surface area (Å²) in [6.45, 7) is 1.09. The van der Waals surface area contributed by atoms with Crippen LogP contribution in [0.2, 0.25) is 10.0 Å². The zero-order chi connectivity index (χ0) is 23.0. The molecule has 3 aromatic rings. The number of carbonyl (C=O) groups is 2. The molecule has 2 heterocycles. The average molecular weight is 473 g/mol. The fourth-order valence-electron chi connectivity index (χ4n) is 3.93. The molecule has 1 unspecified atom stereocenters. The van der Waals surface area contributed by atoms with E-state index in [1.807, 2.05) is 31.1 Å². The molecule has 1 aliphatic rings. The number of hydrogen-bond acceptors (Lipinski definition) is 5. The minimum atomic E-state index is -0.805. The summed E-state index contributed by atoms with van der Waals surface area (Å²) in [5.41, 5.74) is 1.10. The third-order valence-electron chi connectivity index (χ3n) is 5.46. The Balaban J connectivity index is 1.77. The molecule has 0 saturated carbocycles. The second-order valence-corrected chi connectivity index (χ2v) is 8.79. The van der Waals surface area contributed by atoms with Crippen LogP contribution in [0.15, 0.2) is 64.3 Å². The third-order valence-corrected chi connectivity index (χ3v) is 6.20. The number of fused-ring (bicyclic) bond motifs is 1. The highest BCUT2D eigenvalue weighted by atomic mass is 35.5. The second kappa shape index (κ2) is 8.98. The quantitative estimate of drug-likeness (QED) is 0.474. The Morgan fingerprint density at radius 2 is 1.88 bits per heavy atom. The van der Waals surface area contributed by atoms with Gasteiger partial charge in [0.1, 0.15) is 5.58 Å². The molecule has 1 N–H and O–H groups in total. The number of Topliss-reactive ketones (excluding diaryl/α,β-unsaturated/α-hetero) is 1. The van der Waals surface area contributed by atoms with E-state index in [4.69, 9.17) is 27.6 Å². The van der Waals surface area contributed by atoms with Gasteiger partial charge in [-0.05, 0) is 56.9 Å². The van der Waals surface area contributed by atoms with Gasteiger partial charge in [-0.3, -0.25) is 9.59 Å². The van der Waals surface area contributed by atoms with Gasteiger partial charge in [-0.15, -0.1) is 0 Å². The molecule has 2 aromatic carbocycles. The monoisotopic (exact) mass is 472 g/mol. The molecule has 0 radical (unpaired) electrons. The SMILES string of the molecule is CN(C)CCCN1C(=O)C(O)=C(C(=O)c2cc3ccccc3o2)C1c1ccc(Cl)c(Cl)c1. The van der Waals surface area contributed by atoms with Crippen molar-refractivity contribution in [2.45, 2.75) is 12.5 Å². The number of ketones is 1. The van der Waals surface area contributed by atoms with Crippen molar-refractivity contribution >= 4 is 45.9 Å². The van der Waals surface area contributed by atoms with Crippen molar-refractivity contribution in [2.75, 3.05) is 27.2 Å². The Kier molecular flexibility index (Phi) is 6.29. The summed E-state index contributed by atoms with van der Waals surface area (Å²) in [4.78, 5) is 30.0. The van der Waals surface area contributed by atoms with Crippen molar-refractivity contribution in [2.24, 2.45) is 0 Å². The van der Waals surface area contributed by atoms with Crippen LogP contribution < -0.4 is 0 Å². The van der Waals surface area contributed by atoms with E-state index in [9.17, 15) is 14.7 Å². The fraction of sp³-hybridized carbons (Fsp3) is 0.250. The molecule has 8 heteroatoms. The Morgan fingerprint density at radius 1 is 1.12 bits per heavy atom. The smallest absolute Gasteiger partial charge is 0.290 e. The van der Waals surface area contributed by atoms with E-state index >= 15 is 0 Å². The van der Waals surface area contributed by atoms with Crippen LogP contribution in [0.1, 0.15) is 28.6 Å². The first-order valence-corrected chi connectivity index (χ1v) is 10.9. The predicted molar refractivity (Wildman–Crippen MR) is 124 cm³/mol. The number of para-hydroxylation sites is 1. The first-order valence-electron chi connectivity index (χ1n) is 10.1. The first kappa shape index (κ1) is 22.4. The summed E-state index contributed by atoms with van der Waals surface area (Å²) in [6.07, 6.45) is 0.663. The number of carbonyl (C=O) groups excluding carboxylic acids is 2. The number of furan rings is 1. The minimum absolute atomic E-state index is 0.0303. The zero-order valence-electron chi connectivity index (χ0n) is 17.6. The maximum Gasteiger partial charge on any atom is 0.290 e. The molecule has 1 atom stereocenters. The van der Waals surface area contributed by atoms with Gasteiger partial charge in [0.15, 0.2) is 11.5 Å². The third kappa shape index (κ3) is 4.13. The van der Waals surface area contributed by atoms with E-state index in [1.165, 1.54) is 4.90 Å². The van der Waals surface area contributed by atoms with E-state index in [1.54, 1.807) is 36.4 Å². The minimum Gasteiger partial charge on any atom is -0.503 e. The van der Waals surface area contributed by atoms with Gasteiger partial charge in [-0.25, -0.2) is 0 Å². The van der Waals surface area contributed by atoms with Gasteiger partial charge >= 0.3 is 0 Å². The van der Waals surface area contributed by atoms with Crippen LogP contribution >= 0.6 is 23.2 Å². The molecule has 1 aromatic heterocycles. The lowest BCUT2D eigenvalue weighted by atomic mass is 9.95. The van der Waals surface area contributed by atoms with Gasteiger partial charge in [0.05, 0.1) is 21.7 Å². The van der Waals surface area contributed by atoms with Crippen molar-refractivity contribution < 1.29 is 19.1 Å². The Bertz CT molecular complexity index is 1200. The van der Waals surface area contributed by atoms with Crippen LogP contribution in [0.25, 0.3) is 11.0 Å². The van der Waals surface area contributed by atoms with E-state index < -0.39 is 23.5 Å². The van der Waals surface area contributed by atoms with E-state index in [-0.39, 0.29) is 11.3 Å². The van der Waals surface area contributed by atoms with Crippen LogP contribution in [0.5, 0.6) is 0 Å². The number of benzene rings is 2. The number of nitrogens with zero attached hydrogens (tertiary/aromatic N) is 2. The average Bonchev–Trinajstić information content (AvgIpc) is 3.30. The van der Waals surface area contributed by atoms with Crippen molar-refractivity contribution in [1.82, 2.24) is 9.80 Å². The highest BCUT2D eigenvalue weighted by Gasteiger charge is 2.44. The highest BCUT2D eigenvalue weighted by Crippen LogP contribution is 2.41. The van der Waals surface area contributed by atoms with Crippen LogP contribution in [0.3, 0.4) is 0 Å². The topological polar surface area (TPSA) is 74.0 Å². The lowest BCUT2D eigenvalue weighted by molar-refractivity contribution is -0.129. The molecule has 0 aliphatic carbocycles. The largest absolute Gasteiger partial charge is 0.503 e. The Hall–Kier alpha value is -2.80. The number of aliphatic hydroxyl groups excluding tert-OH is 1. The van der Waals surface area contributed by atoms with E-state index in [2.05, 4.69) is 0 Å². The van der Waals surface area contributed by atoms with Gasteiger partial charge in [0, 0.05) is 11.9 Å². The zero-order valence-corrected chi connectivity index (χ0v) is 19.2. The summed E-state index contributed by atoms with van der Waals surface area (Å²) < 4.78 is 5.72. The second-order valence-electron chi connectivity index (χ2n) is 7.97. The summed E-state index contributed by atoms with van der Waals surface area (Å²) in [5, 5.41) is 12.2. The molecule has 4 rings (SSSR count). The predicted octanol–water partition coefficient (Wildman–Crippen LogP) is 5.27. The maximum absolute atomic E-state index is 13.5.